The van der Waals surface area contributed by atoms with Gasteiger partial charge in [-0.15, -0.1) is 0 Å². The average molecular weight is 304 g/mol. The lowest BCUT2D eigenvalue weighted by Crippen LogP contribution is -2.42. The molecule has 1 aromatic heterocycles. The first-order valence-electron chi connectivity index (χ1n) is 7.11. The average Bonchev–Trinajstić information content (AvgIpc) is 2.84. The van der Waals surface area contributed by atoms with Gasteiger partial charge in [0.25, 0.3) is 0 Å². The molecule has 0 aliphatic rings. The predicted molar refractivity (Wildman–Crippen MR) is 82.0 cm³/mol. The van der Waals surface area contributed by atoms with Crippen molar-refractivity contribution in [3.63, 3.8) is 0 Å². The van der Waals surface area contributed by atoms with Crippen molar-refractivity contribution in [2.24, 2.45) is 5.92 Å². The van der Waals surface area contributed by atoms with Crippen LogP contribution in [0.2, 0.25) is 0 Å². The molecule has 2 amide bonds. The highest BCUT2D eigenvalue weighted by atomic mass is 16.5. The number of hydrogen-bond donors (Lipinski definition) is 2. The monoisotopic (exact) mass is 304 g/mol. The zero-order valence-electron chi connectivity index (χ0n) is 12.9. The number of furan rings is 1. The molecule has 0 saturated carbocycles. The Labute approximate surface area is 128 Å². The van der Waals surface area contributed by atoms with E-state index in [0.29, 0.717) is 17.6 Å². The van der Waals surface area contributed by atoms with Gasteiger partial charge in [-0.2, -0.15) is 0 Å². The van der Waals surface area contributed by atoms with E-state index in [2.05, 4.69) is 10.9 Å². The third kappa shape index (κ3) is 3.65. The maximum absolute atomic E-state index is 12.2. The summed E-state index contributed by atoms with van der Waals surface area (Å²) in [6, 6.07) is 7.33. The van der Waals surface area contributed by atoms with Gasteiger partial charge in [0.2, 0.25) is 5.91 Å². The molecule has 2 N–H and O–H groups in total. The highest BCUT2D eigenvalue weighted by molar-refractivity contribution is 5.99. The highest BCUT2D eigenvalue weighted by Gasteiger charge is 2.20. The molecule has 0 radical (unpaired) electrons. The number of carbonyl (C=O) groups excluding carboxylic acids is 2. The van der Waals surface area contributed by atoms with Crippen LogP contribution in [0, 0.1) is 5.92 Å². The van der Waals surface area contributed by atoms with Crippen molar-refractivity contribution in [3.05, 3.63) is 35.6 Å². The molecule has 1 aromatic carbocycles. The smallest absolute Gasteiger partial charge is 0.305 e. The molecule has 2 rings (SSSR count). The Kier molecular flexibility index (Phi) is 5.16. The van der Waals surface area contributed by atoms with Crippen molar-refractivity contribution < 1.29 is 18.7 Å². The van der Waals surface area contributed by atoms with Crippen molar-refractivity contribution in [2.75, 3.05) is 7.11 Å². The summed E-state index contributed by atoms with van der Waals surface area (Å²) < 4.78 is 10.7. The number of hydrogen-bond acceptors (Lipinski definition) is 4. The third-order valence-corrected chi connectivity index (χ3v) is 3.10. The molecule has 0 aliphatic heterocycles. The first kappa shape index (κ1) is 16.0. The van der Waals surface area contributed by atoms with Crippen LogP contribution in [0.5, 0.6) is 0 Å². The number of fused-ring (bicyclic) bond motifs is 1. The molecule has 118 valence electrons. The number of ether oxygens (including phenoxy) is 1. The van der Waals surface area contributed by atoms with Gasteiger partial charge in [-0.3, -0.25) is 20.4 Å². The summed E-state index contributed by atoms with van der Waals surface area (Å²) in [6.07, 6.45) is 0.339. The number of para-hydroxylation sites is 1. The molecule has 0 spiro atoms. The first-order chi connectivity index (χ1) is 10.5. The minimum absolute atomic E-state index is 0.146. The summed E-state index contributed by atoms with van der Waals surface area (Å²) in [5.74, 6) is -0.381. The van der Waals surface area contributed by atoms with Crippen LogP contribution in [0.25, 0.3) is 11.0 Å². The van der Waals surface area contributed by atoms with Crippen LogP contribution in [0.4, 0.5) is 0 Å². The maximum atomic E-state index is 12.2. The second-order valence-corrected chi connectivity index (χ2v) is 5.44. The molecule has 22 heavy (non-hydrogen) atoms. The van der Waals surface area contributed by atoms with E-state index >= 15 is 0 Å². The molecule has 6 nitrogen and oxygen atoms in total. The van der Waals surface area contributed by atoms with Gasteiger partial charge >= 0.3 is 5.91 Å². The second-order valence-electron chi connectivity index (χ2n) is 5.44. The van der Waals surface area contributed by atoms with Crippen molar-refractivity contribution in [1.82, 2.24) is 10.9 Å². The summed E-state index contributed by atoms with van der Waals surface area (Å²) in [7, 11) is 1.55. The van der Waals surface area contributed by atoms with Crippen molar-refractivity contribution >= 4 is 22.8 Å². The number of hydrazine groups is 1. The second kappa shape index (κ2) is 7.09. The van der Waals surface area contributed by atoms with Gasteiger partial charge in [0.15, 0.2) is 5.76 Å². The number of amides is 2. The Hall–Kier alpha value is -2.34. The minimum atomic E-state index is -0.500. The number of benzene rings is 1. The van der Waals surface area contributed by atoms with Gasteiger partial charge in [0.1, 0.15) is 5.58 Å². The first-order valence-corrected chi connectivity index (χ1v) is 7.11. The number of rotatable bonds is 5. The van der Waals surface area contributed by atoms with Crippen molar-refractivity contribution in [3.8, 4) is 0 Å². The SMILES string of the molecule is COCc1c(C(=O)NNC(=O)CC(C)C)oc2ccccc12. The summed E-state index contributed by atoms with van der Waals surface area (Å²) in [5, 5.41) is 0.822. The van der Waals surface area contributed by atoms with Gasteiger partial charge in [0, 0.05) is 24.5 Å². The fourth-order valence-electron chi connectivity index (χ4n) is 2.17. The van der Waals surface area contributed by atoms with Crippen LogP contribution in [-0.4, -0.2) is 18.9 Å². The molecule has 2 aromatic rings. The molecule has 6 heteroatoms. The van der Waals surface area contributed by atoms with E-state index in [4.69, 9.17) is 9.15 Å². The third-order valence-electron chi connectivity index (χ3n) is 3.10. The molecule has 0 aliphatic carbocycles. The Balaban J connectivity index is 2.17. The maximum Gasteiger partial charge on any atom is 0.305 e. The van der Waals surface area contributed by atoms with Gasteiger partial charge in [-0.1, -0.05) is 32.0 Å². The van der Waals surface area contributed by atoms with Crippen LogP contribution in [0.3, 0.4) is 0 Å². The molecule has 0 bridgehead atoms. The van der Waals surface area contributed by atoms with Gasteiger partial charge < -0.3 is 9.15 Å². The molecule has 0 saturated heterocycles. The zero-order valence-corrected chi connectivity index (χ0v) is 12.9. The van der Waals surface area contributed by atoms with Crippen LogP contribution in [0.1, 0.15) is 36.4 Å². The number of carbonyl (C=O) groups is 2. The van der Waals surface area contributed by atoms with Crippen molar-refractivity contribution in [2.45, 2.75) is 26.9 Å². The van der Waals surface area contributed by atoms with E-state index in [1.165, 1.54) is 0 Å². The summed E-state index contributed by atoms with van der Waals surface area (Å²) in [4.78, 5) is 23.8. The summed E-state index contributed by atoms with van der Waals surface area (Å²) in [6.45, 7) is 4.11. The fourth-order valence-corrected chi connectivity index (χ4v) is 2.17. The fraction of sp³-hybridized carbons (Fsp3) is 0.375. The largest absolute Gasteiger partial charge is 0.450 e. The van der Waals surface area contributed by atoms with E-state index in [-0.39, 0.29) is 24.2 Å². The van der Waals surface area contributed by atoms with Gasteiger partial charge in [-0.05, 0) is 12.0 Å². The Bertz CT molecular complexity index is 676. The zero-order chi connectivity index (χ0) is 16.1. The van der Waals surface area contributed by atoms with Gasteiger partial charge in [0.05, 0.1) is 6.61 Å². The van der Waals surface area contributed by atoms with E-state index in [1.807, 2.05) is 32.0 Å². The van der Waals surface area contributed by atoms with Crippen molar-refractivity contribution in [1.29, 1.82) is 0 Å². The molecule has 1 heterocycles. The molecular formula is C16H20N2O4. The lowest BCUT2D eigenvalue weighted by atomic mass is 10.1. The van der Waals surface area contributed by atoms with Crippen LogP contribution >= 0.6 is 0 Å². The quantitative estimate of drug-likeness (QED) is 0.831. The number of methoxy groups -OCH3 is 1. The Morgan fingerprint density at radius 2 is 1.95 bits per heavy atom. The normalized spacial score (nSPS) is 10.9. The molecular weight excluding hydrogens is 284 g/mol. The predicted octanol–water partition coefficient (Wildman–Crippen LogP) is 2.39. The lowest BCUT2D eigenvalue weighted by molar-refractivity contribution is -0.122. The van der Waals surface area contributed by atoms with Crippen LogP contribution in [0.15, 0.2) is 28.7 Å². The van der Waals surface area contributed by atoms with E-state index in [0.717, 1.165) is 5.39 Å². The standard InChI is InChI=1S/C16H20N2O4/c1-10(2)8-14(19)17-18-16(20)15-12(9-21-3)11-6-4-5-7-13(11)22-15/h4-7,10H,8-9H2,1-3H3,(H,17,19)(H,18,20). The molecule has 0 atom stereocenters. The van der Waals surface area contributed by atoms with E-state index in [9.17, 15) is 9.59 Å². The Morgan fingerprint density at radius 3 is 2.64 bits per heavy atom. The van der Waals surface area contributed by atoms with Crippen LogP contribution < -0.4 is 10.9 Å². The minimum Gasteiger partial charge on any atom is -0.450 e. The van der Waals surface area contributed by atoms with E-state index < -0.39 is 5.91 Å². The Morgan fingerprint density at radius 1 is 1.23 bits per heavy atom. The van der Waals surface area contributed by atoms with Crippen LogP contribution in [-0.2, 0) is 16.1 Å². The summed E-state index contributed by atoms with van der Waals surface area (Å²) in [5.41, 5.74) is 6.03. The van der Waals surface area contributed by atoms with Gasteiger partial charge in [-0.25, -0.2) is 0 Å². The van der Waals surface area contributed by atoms with E-state index in [1.54, 1.807) is 13.2 Å². The molecule has 0 fully saturated rings. The molecule has 0 unspecified atom stereocenters. The topological polar surface area (TPSA) is 80.6 Å². The lowest BCUT2D eigenvalue weighted by Gasteiger charge is -2.08. The summed E-state index contributed by atoms with van der Waals surface area (Å²) >= 11 is 0. The number of nitrogens with one attached hydrogen (secondary N) is 2. The highest BCUT2D eigenvalue weighted by Crippen LogP contribution is 2.26.